The second-order valence-corrected chi connectivity index (χ2v) is 6.89. The molecule has 16 heavy (non-hydrogen) atoms. The van der Waals surface area contributed by atoms with Crippen molar-refractivity contribution in [3.63, 3.8) is 0 Å². The zero-order valence-electron chi connectivity index (χ0n) is 9.09. The molecule has 5 heteroatoms. The van der Waals surface area contributed by atoms with Crippen molar-refractivity contribution in [2.24, 2.45) is 5.41 Å². The van der Waals surface area contributed by atoms with Crippen LogP contribution < -0.4 is 5.32 Å². The third-order valence-corrected chi connectivity index (χ3v) is 5.23. The summed E-state index contributed by atoms with van der Waals surface area (Å²) in [6.07, 6.45) is 0.520. The Hall–Kier alpha value is -0.250. The van der Waals surface area contributed by atoms with Crippen molar-refractivity contribution >= 4 is 40.4 Å². The molecule has 0 unspecified atom stereocenters. The van der Waals surface area contributed by atoms with Gasteiger partial charge in [0, 0.05) is 4.88 Å². The molecule has 0 radical (unpaired) electrons. The highest BCUT2D eigenvalue weighted by Crippen LogP contribution is 2.63. The smallest absolute Gasteiger partial charge is 0.229 e. The number of carbonyl (C=O) groups excluding carboxylic acids is 1. The molecule has 0 saturated heterocycles. The second kappa shape index (κ2) is 3.90. The van der Waals surface area contributed by atoms with Crippen LogP contribution in [0.25, 0.3) is 0 Å². The van der Waals surface area contributed by atoms with Gasteiger partial charge in [-0.3, -0.25) is 4.79 Å². The lowest BCUT2D eigenvalue weighted by atomic mass is 10.1. The third kappa shape index (κ3) is 1.96. The topological polar surface area (TPSA) is 29.1 Å². The molecule has 1 aliphatic rings. The van der Waals surface area contributed by atoms with Gasteiger partial charge in [0.05, 0.1) is 11.5 Å². The second-order valence-electron chi connectivity index (χ2n) is 4.42. The molecule has 88 valence electrons. The van der Waals surface area contributed by atoms with Crippen LogP contribution in [0.15, 0.2) is 17.5 Å². The molecule has 0 bridgehead atoms. The van der Waals surface area contributed by atoms with Crippen molar-refractivity contribution in [1.29, 1.82) is 0 Å². The minimum Gasteiger partial charge on any atom is -0.348 e. The molecule has 0 aromatic carbocycles. The van der Waals surface area contributed by atoms with Crippen LogP contribution in [0.1, 0.15) is 31.2 Å². The summed E-state index contributed by atoms with van der Waals surface area (Å²) >= 11 is 13.5. The number of nitrogens with one attached hydrogen (secondary N) is 1. The minimum atomic E-state index is -0.897. The number of alkyl halides is 2. The Morgan fingerprint density at radius 2 is 2.25 bits per heavy atom. The number of hydrogen-bond donors (Lipinski definition) is 1. The molecular formula is C11H13Cl2NOS. The van der Waals surface area contributed by atoms with Crippen LogP contribution in [-0.2, 0) is 4.79 Å². The first-order valence-electron chi connectivity index (χ1n) is 5.09. The van der Waals surface area contributed by atoms with Gasteiger partial charge in [-0.05, 0) is 31.7 Å². The lowest BCUT2D eigenvalue weighted by molar-refractivity contribution is -0.126. The largest absolute Gasteiger partial charge is 0.348 e. The summed E-state index contributed by atoms with van der Waals surface area (Å²) in [6, 6.07) is 3.98. The Kier molecular flexibility index (Phi) is 2.97. The normalized spacial score (nSPS) is 28.5. The van der Waals surface area contributed by atoms with Gasteiger partial charge in [0.15, 0.2) is 0 Å². The van der Waals surface area contributed by atoms with Crippen molar-refractivity contribution in [2.75, 3.05) is 0 Å². The highest BCUT2D eigenvalue weighted by atomic mass is 35.5. The lowest BCUT2D eigenvalue weighted by Gasteiger charge is -2.17. The summed E-state index contributed by atoms with van der Waals surface area (Å²) in [5.41, 5.74) is -0.637. The maximum absolute atomic E-state index is 12.0. The molecule has 1 fully saturated rings. The number of carbonyl (C=O) groups is 1. The molecule has 2 rings (SSSR count). The Bertz CT molecular complexity index is 404. The van der Waals surface area contributed by atoms with E-state index in [-0.39, 0.29) is 11.9 Å². The van der Waals surface area contributed by atoms with Crippen molar-refractivity contribution in [3.8, 4) is 0 Å². The molecule has 1 N–H and O–H groups in total. The van der Waals surface area contributed by atoms with E-state index in [1.54, 1.807) is 18.3 Å². The highest BCUT2D eigenvalue weighted by Gasteiger charge is 2.67. The molecule has 0 spiro atoms. The summed E-state index contributed by atoms with van der Waals surface area (Å²) in [4.78, 5) is 13.1. The fraction of sp³-hybridized carbons (Fsp3) is 0.545. The first kappa shape index (κ1) is 12.2. The van der Waals surface area contributed by atoms with Crippen molar-refractivity contribution in [3.05, 3.63) is 22.4 Å². The fourth-order valence-electron chi connectivity index (χ4n) is 1.61. The SMILES string of the molecule is C[C@@H](NC(=O)[C@@]1(C)CC1(Cl)Cl)c1cccs1. The predicted octanol–water partition coefficient (Wildman–Crippen LogP) is 3.51. The predicted molar refractivity (Wildman–Crippen MR) is 68.0 cm³/mol. The zero-order chi connectivity index (χ0) is 12.0. The molecule has 1 aromatic heterocycles. The molecule has 2 nitrogen and oxygen atoms in total. The first-order valence-corrected chi connectivity index (χ1v) is 6.72. The van der Waals surface area contributed by atoms with Gasteiger partial charge in [-0.25, -0.2) is 0 Å². The molecule has 1 heterocycles. The molecule has 1 aromatic rings. The van der Waals surface area contributed by atoms with E-state index in [4.69, 9.17) is 23.2 Å². The Morgan fingerprint density at radius 3 is 2.69 bits per heavy atom. The van der Waals surface area contributed by atoms with E-state index in [0.29, 0.717) is 6.42 Å². The number of thiophene rings is 1. The van der Waals surface area contributed by atoms with Crippen LogP contribution in [-0.4, -0.2) is 10.2 Å². The minimum absolute atomic E-state index is 0.00839. The molecule has 1 aliphatic carbocycles. The summed E-state index contributed by atoms with van der Waals surface area (Å²) < 4.78 is -0.897. The van der Waals surface area contributed by atoms with Crippen LogP contribution in [0.3, 0.4) is 0 Å². The fourth-order valence-corrected chi connectivity index (χ4v) is 3.05. The van der Waals surface area contributed by atoms with Gasteiger partial charge in [0.1, 0.15) is 4.33 Å². The third-order valence-electron chi connectivity index (χ3n) is 3.08. The average Bonchev–Trinajstić information content (AvgIpc) is 2.63. The molecule has 0 aliphatic heterocycles. The lowest BCUT2D eigenvalue weighted by Crippen LogP contribution is -2.34. The highest BCUT2D eigenvalue weighted by molar-refractivity contribution is 7.10. The van der Waals surface area contributed by atoms with E-state index < -0.39 is 9.75 Å². The van der Waals surface area contributed by atoms with Crippen molar-refractivity contribution in [2.45, 2.75) is 30.6 Å². The Labute approximate surface area is 109 Å². The van der Waals surface area contributed by atoms with E-state index in [9.17, 15) is 4.79 Å². The molecular weight excluding hydrogens is 265 g/mol. The first-order chi connectivity index (χ1) is 7.37. The summed E-state index contributed by atoms with van der Waals surface area (Å²) in [5.74, 6) is -0.0709. The van der Waals surface area contributed by atoms with Gasteiger partial charge in [-0.2, -0.15) is 0 Å². The van der Waals surface area contributed by atoms with Gasteiger partial charge in [0.2, 0.25) is 5.91 Å². The van der Waals surface area contributed by atoms with E-state index in [2.05, 4.69) is 5.32 Å². The van der Waals surface area contributed by atoms with E-state index in [0.717, 1.165) is 4.88 Å². The van der Waals surface area contributed by atoms with Crippen molar-refractivity contribution < 1.29 is 4.79 Å². The monoisotopic (exact) mass is 277 g/mol. The van der Waals surface area contributed by atoms with E-state index >= 15 is 0 Å². The quantitative estimate of drug-likeness (QED) is 0.842. The van der Waals surface area contributed by atoms with E-state index in [1.807, 2.05) is 24.4 Å². The van der Waals surface area contributed by atoms with Crippen LogP contribution in [0.4, 0.5) is 0 Å². The van der Waals surface area contributed by atoms with Crippen molar-refractivity contribution in [1.82, 2.24) is 5.32 Å². The maximum Gasteiger partial charge on any atom is 0.229 e. The maximum atomic E-state index is 12.0. The van der Waals surface area contributed by atoms with Gasteiger partial charge in [-0.1, -0.05) is 6.07 Å². The number of amides is 1. The summed E-state index contributed by atoms with van der Waals surface area (Å²) in [5, 5.41) is 4.93. The Balaban J connectivity index is 1.99. The van der Waals surface area contributed by atoms with Gasteiger partial charge >= 0.3 is 0 Å². The molecule has 2 atom stereocenters. The van der Waals surface area contributed by atoms with E-state index in [1.165, 1.54) is 0 Å². The number of rotatable bonds is 3. The van der Waals surface area contributed by atoms with Gasteiger partial charge in [0.25, 0.3) is 0 Å². The number of halogens is 2. The average molecular weight is 278 g/mol. The standard InChI is InChI=1S/C11H13Cl2NOS/c1-7(8-4-3-5-16-8)14-9(15)10(2)6-11(10,12)13/h3-5,7H,6H2,1-2H3,(H,14,15)/t7-,10-/m1/s1. The van der Waals surface area contributed by atoms with Gasteiger partial charge in [-0.15, -0.1) is 34.5 Å². The number of hydrogen-bond acceptors (Lipinski definition) is 2. The Morgan fingerprint density at radius 1 is 1.62 bits per heavy atom. The zero-order valence-corrected chi connectivity index (χ0v) is 11.4. The molecule has 1 saturated carbocycles. The summed E-state index contributed by atoms with van der Waals surface area (Å²) in [7, 11) is 0. The van der Waals surface area contributed by atoms with Crippen LogP contribution >= 0.6 is 34.5 Å². The summed E-state index contributed by atoms with van der Waals surface area (Å²) in [6.45, 7) is 3.75. The van der Waals surface area contributed by atoms with Crippen LogP contribution in [0, 0.1) is 5.41 Å². The van der Waals surface area contributed by atoms with Crippen LogP contribution in [0.5, 0.6) is 0 Å². The van der Waals surface area contributed by atoms with Gasteiger partial charge < -0.3 is 5.32 Å². The molecule has 1 amide bonds. The van der Waals surface area contributed by atoms with Crippen LogP contribution in [0.2, 0.25) is 0 Å².